The van der Waals surface area contributed by atoms with Gasteiger partial charge in [0.2, 0.25) is 0 Å². The standard InChI is InChI=1S/C16H23FN2O2/c1-4-9-19-16(20)11(3)21-15-12(10-13(18)5-2)7-6-8-14(15)17/h4,6-8,11,13H,1,5,9-10,18H2,2-3H3,(H,19,20). The van der Waals surface area contributed by atoms with Crippen LogP contribution in [0, 0.1) is 5.82 Å². The van der Waals surface area contributed by atoms with E-state index >= 15 is 0 Å². The maximum Gasteiger partial charge on any atom is 0.261 e. The number of hydrogen-bond donors (Lipinski definition) is 2. The number of amides is 1. The van der Waals surface area contributed by atoms with Gasteiger partial charge in [-0.05, 0) is 31.4 Å². The minimum Gasteiger partial charge on any atom is -0.478 e. The van der Waals surface area contributed by atoms with Crippen LogP contribution in [0.15, 0.2) is 30.9 Å². The van der Waals surface area contributed by atoms with Crippen molar-refractivity contribution in [3.63, 3.8) is 0 Å². The van der Waals surface area contributed by atoms with Crippen LogP contribution < -0.4 is 15.8 Å². The number of nitrogens with two attached hydrogens (primary N) is 1. The van der Waals surface area contributed by atoms with Gasteiger partial charge in [-0.1, -0.05) is 25.1 Å². The number of halogens is 1. The molecule has 5 heteroatoms. The number of para-hydroxylation sites is 1. The maximum absolute atomic E-state index is 14.0. The predicted molar refractivity (Wildman–Crippen MR) is 81.7 cm³/mol. The second-order valence-electron chi connectivity index (χ2n) is 4.89. The van der Waals surface area contributed by atoms with Gasteiger partial charge in [0.25, 0.3) is 5.91 Å². The molecule has 0 saturated carbocycles. The lowest BCUT2D eigenvalue weighted by Crippen LogP contribution is -2.36. The van der Waals surface area contributed by atoms with Crippen LogP contribution in [0.3, 0.4) is 0 Å². The second kappa shape index (κ2) is 8.42. The Labute approximate surface area is 125 Å². The lowest BCUT2D eigenvalue weighted by molar-refractivity contribution is -0.127. The second-order valence-corrected chi connectivity index (χ2v) is 4.89. The van der Waals surface area contributed by atoms with Gasteiger partial charge in [0, 0.05) is 12.6 Å². The van der Waals surface area contributed by atoms with Crippen LogP contribution in [0.5, 0.6) is 5.75 Å². The predicted octanol–water partition coefficient (Wildman–Crippen LogP) is 2.17. The Morgan fingerprint density at radius 1 is 1.57 bits per heavy atom. The van der Waals surface area contributed by atoms with Gasteiger partial charge >= 0.3 is 0 Å². The lowest BCUT2D eigenvalue weighted by Gasteiger charge is -2.19. The fraction of sp³-hybridized carbons (Fsp3) is 0.438. The summed E-state index contributed by atoms with van der Waals surface area (Å²) in [6, 6.07) is 4.62. The van der Waals surface area contributed by atoms with Crippen LogP contribution >= 0.6 is 0 Å². The number of hydrogen-bond acceptors (Lipinski definition) is 3. The molecule has 1 rings (SSSR count). The summed E-state index contributed by atoms with van der Waals surface area (Å²) in [5.74, 6) is -0.703. The van der Waals surface area contributed by atoms with E-state index < -0.39 is 11.9 Å². The largest absolute Gasteiger partial charge is 0.478 e. The number of ether oxygens (including phenoxy) is 1. The molecule has 0 saturated heterocycles. The first-order valence-electron chi connectivity index (χ1n) is 7.07. The molecule has 116 valence electrons. The van der Waals surface area contributed by atoms with Gasteiger partial charge in [0.1, 0.15) is 0 Å². The summed E-state index contributed by atoms with van der Waals surface area (Å²) in [4.78, 5) is 11.8. The van der Waals surface area contributed by atoms with E-state index in [-0.39, 0.29) is 17.7 Å². The molecule has 1 aromatic rings. The van der Waals surface area contributed by atoms with Gasteiger partial charge in [-0.2, -0.15) is 0 Å². The molecule has 0 fully saturated rings. The van der Waals surface area contributed by atoms with E-state index in [1.807, 2.05) is 6.92 Å². The molecule has 0 radical (unpaired) electrons. The highest BCUT2D eigenvalue weighted by Crippen LogP contribution is 2.25. The third kappa shape index (κ3) is 5.19. The highest BCUT2D eigenvalue weighted by molar-refractivity contribution is 5.80. The fourth-order valence-electron chi connectivity index (χ4n) is 1.82. The molecule has 0 heterocycles. The van der Waals surface area contributed by atoms with Crippen molar-refractivity contribution in [3.8, 4) is 5.75 Å². The molecular formula is C16H23FN2O2. The minimum absolute atomic E-state index is 0.0703. The number of rotatable bonds is 8. The molecule has 2 unspecified atom stereocenters. The Morgan fingerprint density at radius 3 is 2.90 bits per heavy atom. The van der Waals surface area contributed by atoms with Crippen molar-refractivity contribution >= 4 is 5.91 Å². The SMILES string of the molecule is C=CCNC(=O)C(C)Oc1c(F)cccc1CC(N)CC. The van der Waals surface area contributed by atoms with E-state index in [1.165, 1.54) is 6.07 Å². The summed E-state index contributed by atoms with van der Waals surface area (Å²) in [5, 5.41) is 2.61. The van der Waals surface area contributed by atoms with Crippen LogP contribution in [-0.4, -0.2) is 24.6 Å². The molecule has 0 bridgehead atoms. The van der Waals surface area contributed by atoms with E-state index in [1.54, 1.807) is 25.1 Å². The Kier molecular flexibility index (Phi) is 6.88. The zero-order chi connectivity index (χ0) is 15.8. The van der Waals surface area contributed by atoms with Crippen molar-refractivity contribution in [2.45, 2.75) is 38.8 Å². The first-order valence-corrected chi connectivity index (χ1v) is 7.07. The van der Waals surface area contributed by atoms with Crippen LogP contribution in [0.1, 0.15) is 25.8 Å². The van der Waals surface area contributed by atoms with E-state index in [4.69, 9.17) is 10.5 Å². The average molecular weight is 294 g/mol. The average Bonchev–Trinajstić information content (AvgIpc) is 2.47. The number of carbonyl (C=O) groups is 1. The smallest absolute Gasteiger partial charge is 0.261 e. The Bertz CT molecular complexity index is 491. The summed E-state index contributed by atoms with van der Waals surface area (Å²) in [7, 11) is 0. The molecule has 2 atom stereocenters. The normalized spacial score (nSPS) is 13.3. The molecule has 1 aromatic carbocycles. The summed E-state index contributed by atoms with van der Waals surface area (Å²) in [5.41, 5.74) is 6.59. The fourth-order valence-corrected chi connectivity index (χ4v) is 1.82. The van der Waals surface area contributed by atoms with Gasteiger partial charge in [0.05, 0.1) is 0 Å². The molecule has 0 aliphatic heterocycles. The zero-order valence-corrected chi connectivity index (χ0v) is 12.6. The van der Waals surface area contributed by atoms with Crippen LogP contribution in [0.2, 0.25) is 0 Å². The minimum atomic E-state index is -0.793. The summed E-state index contributed by atoms with van der Waals surface area (Å²) >= 11 is 0. The third-order valence-electron chi connectivity index (χ3n) is 3.14. The first-order chi connectivity index (χ1) is 9.99. The van der Waals surface area contributed by atoms with Crippen molar-refractivity contribution in [2.24, 2.45) is 5.73 Å². The van der Waals surface area contributed by atoms with Crippen molar-refractivity contribution in [1.29, 1.82) is 0 Å². The third-order valence-corrected chi connectivity index (χ3v) is 3.14. The molecule has 0 spiro atoms. The van der Waals surface area contributed by atoms with Gasteiger partial charge in [0.15, 0.2) is 17.7 Å². The van der Waals surface area contributed by atoms with Crippen LogP contribution in [0.25, 0.3) is 0 Å². The van der Waals surface area contributed by atoms with E-state index in [0.717, 1.165) is 6.42 Å². The highest BCUT2D eigenvalue weighted by Gasteiger charge is 2.19. The summed E-state index contributed by atoms with van der Waals surface area (Å²) < 4.78 is 19.5. The Morgan fingerprint density at radius 2 is 2.29 bits per heavy atom. The molecule has 1 amide bonds. The van der Waals surface area contributed by atoms with Crippen molar-refractivity contribution in [1.82, 2.24) is 5.32 Å². The van der Waals surface area contributed by atoms with E-state index in [9.17, 15) is 9.18 Å². The maximum atomic E-state index is 14.0. The molecule has 0 aromatic heterocycles. The molecular weight excluding hydrogens is 271 g/mol. The summed E-state index contributed by atoms with van der Waals surface area (Å²) in [6.07, 6.45) is 2.06. The lowest BCUT2D eigenvalue weighted by atomic mass is 10.0. The van der Waals surface area contributed by atoms with Crippen molar-refractivity contribution in [3.05, 3.63) is 42.2 Å². The molecule has 4 nitrogen and oxygen atoms in total. The molecule has 0 aliphatic rings. The van der Waals surface area contributed by atoms with E-state index in [2.05, 4.69) is 11.9 Å². The quantitative estimate of drug-likeness (QED) is 0.722. The topological polar surface area (TPSA) is 64.3 Å². The van der Waals surface area contributed by atoms with Crippen molar-refractivity contribution in [2.75, 3.05) is 6.54 Å². The Hall–Kier alpha value is -1.88. The van der Waals surface area contributed by atoms with Crippen molar-refractivity contribution < 1.29 is 13.9 Å². The zero-order valence-electron chi connectivity index (χ0n) is 12.6. The summed E-state index contributed by atoms with van der Waals surface area (Å²) in [6.45, 7) is 7.41. The van der Waals surface area contributed by atoms with Gasteiger partial charge in [-0.25, -0.2) is 4.39 Å². The highest BCUT2D eigenvalue weighted by atomic mass is 19.1. The van der Waals surface area contributed by atoms with Crippen LogP contribution in [0.4, 0.5) is 4.39 Å². The number of carbonyl (C=O) groups excluding carboxylic acids is 1. The monoisotopic (exact) mass is 294 g/mol. The van der Waals surface area contributed by atoms with Gasteiger partial charge in [-0.3, -0.25) is 4.79 Å². The van der Waals surface area contributed by atoms with Gasteiger partial charge < -0.3 is 15.8 Å². The van der Waals surface area contributed by atoms with Crippen LogP contribution in [-0.2, 0) is 11.2 Å². The Balaban J connectivity index is 2.85. The number of benzene rings is 1. The first kappa shape index (κ1) is 17.2. The van der Waals surface area contributed by atoms with Gasteiger partial charge in [-0.15, -0.1) is 6.58 Å². The molecule has 3 N–H and O–H groups in total. The van der Waals surface area contributed by atoms with E-state index in [0.29, 0.717) is 18.5 Å². The molecule has 0 aliphatic carbocycles. The number of nitrogens with one attached hydrogen (secondary N) is 1. The molecule has 21 heavy (non-hydrogen) atoms.